The van der Waals surface area contributed by atoms with Crippen LogP contribution in [0.2, 0.25) is 0 Å². The second-order valence-electron chi connectivity index (χ2n) is 6.11. The van der Waals surface area contributed by atoms with Crippen molar-refractivity contribution < 1.29 is 9.85 Å². The molecule has 0 amide bonds. The molecule has 0 aromatic heterocycles. The third-order valence-electron chi connectivity index (χ3n) is 4.66. The Morgan fingerprint density at radius 3 is 2.46 bits per heavy atom. The summed E-state index contributed by atoms with van der Waals surface area (Å²) < 4.78 is 0. The molecule has 8 heteroatoms. The third kappa shape index (κ3) is 3.19. The molecule has 1 aliphatic rings. The van der Waals surface area contributed by atoms with Gasteiger partial charge in [0.2, 0.25) is 0 Å². The first-order chi connectivity index (χ1) is 12.5. The zero-order valence-corrected chi connectivity index (χ0v) is 13.8. The first kappa shape index (κ1) is 17.4. The van der Waals surface area contributed by atoms with E-state index in [1.807, 2.05) is 35.2 Å². The Balaban J connectivity index is 2.02. The van der Waals surface area contributed by atoms with Crippen molar-refractivity contribution in [2.75, 3.05) is 11.4 Å². The van der Waals surface area contributed by atoms with Gasteiger partial charge in [-0.05, 0) is 24.5 Å². The molecule has 2 aromatic carbocycles. The monoisotopic (exact) mass is 352 g/mol. The molecule has 132 valence electrons. The SMILES string of the molecule is N#CC(c1ccccc1)C1CCCN1c1ccc([N+](=O)[O-])cc1[N+](=O)[O-]. The van der Waals surface area contributed by atoms with Crippen LogP contribution >= 0.6 is 0 Å². The molecular weight excluding hydrogens is 336 g/mol. The number of hydrogen-bond acceptors (Lipinski definition) is 6. The number of rotatable bonds is 5. The van der Waals surface area contributed by atoms with Crippen LogP contribution in [0, 0.1) is 31.6 Å². The number of anilines is 1. The third-order valence-corrected chi connectivity index (χ3v) is 4.66. The van der Waals surface area contributed by atoms with Crippen LogP contribution in [0.1, 0.15) is 24.3 Å². The highest BCUT2D eigenvalue weighted by Gasteiger charge is 2.36. The minimum absolute atomic E-state index is 0.220. The summed E-state index contributed by atoms with van der Waals surface area (Å²) in [5, 5.41) is 32.1. The van der Waals surface area contributed by atoms with E-state index in [9.17, 15) is 25.5 Å². The lowest BCUT2D eigenvalue weighted by Gasteiger charge is -2.29. The van der Waals surface area contributed by atoms with Gasteiger partial charge in [-0.3, -0.25) is 20.2 Å². The highest BCUT2D eigenvalue weighted by molar-refractivity contribution is 5.68. The predicted octanol–water partition coefficient (Wildman–Crippen LogP) is 3.78. The molecule has 8 nitrogen and oxygen atoms in total. The highest BCUT2D eigenvalue weighted by atomic mass is 16.6. The van der Waals surface area contributed by atoms with E-state index >= 15 is 0 Å². The Bertz CT molecular complexity index is 879. The minimum atomic E-state index is -0.652. The summed E-state index contributed by atoms with van der Waals surface area (Å²) in [5.41, 5.74) is 0.544. The molecule has 0 bridgehead atoms. The normalized spacial score (nSPS) is 17.5. The van der Waals surface area contributed by atoms with Gasteiger partial charge in [-0.15, -0.1) is 0 Å². The lowest BCUT2D eigenvalue weighted by molar-refractivity contribution is -0.393. The molecule has 2 atom stereocenters. The van der Waals surface area contributed by atoms with Crippen molar-refractivity contribution >= 4 is 17.1 Å². The molecule has 2 unspecified atom stereocenters. The van der Waals surface area contributed by atoms with Gasteiger partial charge in [-0.2, -0.15) is 5.26 Å². The van der Waals surface area contributed by atoms with Gasteiger partial charge >= 0.3 is 0 Å². The molecule has 0 N–H and O–H groups in total. The van der Waals surface area contributed by atoms with Crippen molar-refractivity contribution in [2.24, 2.45) is 0 Å². The molecule has 0 saturated carbocycles. The van der Waals surface area contributed by atoms with Crippen LogP contribution in [0.15, 0.2) is 48.5 Å². The summed E-state index contributed by atoms with van der Waals surface area (Å²) in [4.78, 5) is 23.0. The smallest absolute Gasteiger partial charge is 0.299 e. The molecule has 1 aliphatic heterocycles. The molecule has 26 heavy (non-hydrogen) atoms. The van der Waals surface area contributed by atoms with E-state index in [2.05, 4.69) is 6.07 Å². The summed E-state index contributed by atoms with van der Waals surface area (Å²) >= 11 is 0. The summed E-state index contributed by atoms with van der Waals surface area (Å²) in [6, 6.07) is 15.1. The van der Waals surface area contributed by atoms with Crippen LogP contribution < -0.4 is 4.90 Å². The molecule has 2 aromatic rings. The van der Waals surface area contributed by atoms with Gasteiger partial charge < -0.3 is 4.90 Å². The Labute approximate surface area is 149 Å². The van der Waals surface area contributed by atoms with E-state index in [4.69, 9.17) is 0 Å². The van der Waals surface area contributed by atoms with Crippen molar-refractivity contribution in [1.82, 2.24) is 0 Å². The topological polar surface area (TPSA) is 113 Å². The fourth-order valence-electron chi connectivity index (χ4n) is 3.50. The molecule has 1 saturated heterocycles. The standard InChI is InChI=1S/C18H16N4O4/c19-12-15(13-5-2-1-3-6-13)16-7-4-10-20(16)17-9-8-14(21(23)24)11-18(17)22(25)26/h1-3,5-6,8-9,11,15-16H,4,7,10H2. The second-order valence-corrected chi connectivity index (χ2v) is 6.11. The van der Waals surface area contributed by atoms with Gasteiger partial charge in [0.25, 0.3) is 11.4 Å². The Hall–Kier alpha value is -3.47. The molecule has 0 radical (unpaired) electrons. The van der Waals surface area contributed by atoms with Crippen molar-refractivity contribution in [1.29, 1.82) is 5.26 Å². The summed E-state index contributed by atoms with van der Waals surface area (Å²) in [5.74, 6) is -0.437. The Morgan fingerprint density at radius 1 is 1.12 bits per heavy atom. The minimum Gasteiger partial charge on any atom is -0.361 e. The van der Waals surface area contributed by atoms with Crippen LogP contribution in [0.4, 0.5) is 17.1 Å². The average Bonchev–Trinajstić information content (AvgIpc) is 3.12. The number of nitriles is 1. The quantitative estimate of drug-likeness (QED) is 0.597. The fourth-order valence-corrected chi connectivity index (χ4v) is 3.50. The number of nitro benzene ring substituents is 2. The molecule has 3 rings (SSSR count). The van der Waals surface area contributed by atoms with Crippen LogP contribution in [0.25, 0.3) is 0 Å². The maximum absolute atomic E-state index is 11.5. The second kappa shape index (κ2) is 7.19. The number of nitro groups is 2. The van der Waals surface area contributed by atoms with Gasteiger partial charge in [-0.1, -0.05) is 30.3 Å². The lowest BCUT2D eigenvalue weighted by Crippen LogP contribution is -2.34. The zero-order valence-electron chi connectivity index (χ0n) is 13.8. The first-order valence-electron chi connectivity index (χ1n) is 8.17. The van der Waals surface area contributed by atoms with Crippen LogP contribution in [-0.2, 0) is 0 Å². The molecule has 1 heterocycles. The number of nitrogens with zero attached hydrogens (tertiary/aromatic N) is 4. The number of benzene rings is 2. The van der Waals surface area contributed by atoms with Crippen LogP contribution in [0.5, 0.6) is 0 Å². The van der Waals surface area contributed by atoms with Crippen molar-refractivity contribution in [3.63, 3.8) is 0 Å². The maximum Gasteiger partial charge on any atom is 0.299 e. The van der Waals surface area contributed by atoms with Crippen molar-refractivity contribution in [3.8, 4) is 6.07 Å². The van der Waals surface area contributed by atoms with Crippen molar-refractivity contribution in [2.45, 2.75) is 24.8 Å². The van der Waals surface area contributed by atoms with Gasteiger partial charge in [-0.25, -0.2) is 0 Å². The summed E-state index contributed by atoms with van der Waals surface area (Å²) in [7, 11) is 0. The summed E-state index contributed by atoms with van der Waals surface area (Å²) in [6.07, 6.45) is 1.52. The van der Waals surface area contributed by atoms with E-state index in [0.717, 1.165) is 24.5 Å². The summed E-state index contributed by atoms with van der Waals surface area (Å²) in [6.45, 7) is 0.564. The predicted molar refractivity (Wildman–Crippen MR) is 94.9 cm³/mol. The van der Waals surface area contributed by atoms with Gasteiger partial charge in [0, 0.05) is 18.7 Å². The molecule has 1 fully saturated rings. The average molecular weight is 352 g/mol. The largest absolute Gasteiger partial charge is 0.361 e. The van der Waals surface area contributed by atoms with Crippen LogP contribution in [0.3, 0.4) is 0 Å². The molecule has 0 spiro atoms. The fraction of sp³-hybridized carbons (Fsp3) is 0.278. The van der Waals surface area contributed by atoms with Gasteiger partial charge in [0.05, 0.1) is 27.9 Å². The Morgan fingerprint density at radius 2 is 1.85 bits per heavy atom. The van der Waals surface area contributed by atoms with E-state index in [0.29, 0.717) is 12.2 Å². The first-order valence-corrected chi connectivity index (χ1v) is 8.17. The lowest BCUT2D eigenvalue weighted by atomic mass is 9.91. The highest BCUT2D eigenvalue weighted by Crippen LogP contribution is 2.40. The number of non-ortho nitro benzene ring substituents is 1. The maximum atomic E-state index is 11.5. The molecule has 0 aliphatic carbocycles. The van der Waals surface area contributed by atoms with E-state index in [1.165, 1.54) is 12.1 Å². The van der Waals surface area contributed by atoms with Crippen molar-refractivity contribution in [3.05, 3.63) is 74.3 Å². The van der Waals surface area contributed by atoms with Gasteiger partial charge in [0.15, 0.2) is 0 Å². The zero-order chi connectivity index (χ0) is 18.7. The van der Waals surface area contributed by atoms with Crippen LogP contribution in [-0.4, -0.2) is 22.4 Å². The number of hydrogen-bond donors (Lipinski definition) is 0. The van der Waals surface area contributed by atoms with E-state index in [-0.39, 0.29) is 17.4 Å². The van der Waals surface area contributed by atoms with E-state index < -0.39 is 15.8 Å². The van der Waals surface area contributed by atoms with Gasteiger partial charge in [0.1, 0.15) is 5.69 Å². The molecular formula is C18H16N4O4. The Kier molecular flexibility index (Phi) is 4.80. The van der Waals surface area contributed by atoms with E-state index in [1.54, 1.807) is 0 Å².